The van der Waals surface area contributed by atoms with E-state index >= 15 is 0 Å². The van der Waals surface area contributed by atoms with Gasteiger partial charge in [-0.05, 0) is 31.0 Å². The predicted molar refractivity (Wildman–Crippen MR) is 76.1 cm³/mol. The molecule has 0 aliphatic rings. The van der Waals surface area contributed by atoms with Crippen LogP contribution in [0.1, 0.15) is 29.3 Å². The van der Waals surface area contributed by atoms with Crippen molar-refractivity contribution in [1.82, 2.24) is 4.90 Å². The molecule has 1 aromatic rings. The van der Waals surface area contributed by atoms with Gasteiger partial charge in [-0.15, -0.1) is 0 Å². The van der Waals surface area contributed by atoms with Crippen LogP contribution in [0.2, 0.25) is 0 Å². The van der Waals surface area contributed by atoms with E-state index in [0.29, 0.717) is 17.7 Å². The SMILES string of the molecule is CC[C@@H](N)C(=O)Nc1cc(C(=O)N(C)C)ccc1C. The minimum Gasteiger partial charge on any atom is -0.345 e. The third-order valence-corrected chi connectivity index (χ3v) is 2.93. The number of carbonyl (C=O) groups is 2. The van der Waals surface area contributed by atoms with E-state index in [1.165, 1.54) is 4.90 Å². The van der Waals surface area contributed by atoms with Crippen LogP contribution >= 0.6 is 0 Å². The summed E-state index contributed by atoms with van der Waals surface area (Å²) in [6, 6.07) is 4.70. The summed E-state index contributed by atoms with van der Waals surface area (Å²) in [5, 5.41) is 2.76. The fraction of sp³-hybridized carbons (Fsp3) is 0.429. The summed E-state index contributed by atoms with van der Waals surface area (Å²) >= 11 is 0. The fourth-order valence-corrected chi connectivity index (χ4v) is 1.56. The van der Waals surface area contributed by atoms with E-state index in [4.69, 9.17) is 5.73 Å². The molecule has 104 valence electrons. The van der Waals surface area contributed by atoms with Gasteiger partial charge in [-0.3, -0.25) is 9.59 Å². The van der Waals surface area contributed by atoms with E-state index in [-0.39, 0.29) is 11.8 Å². The molecule has 1 rings (SSSR count). The maximum atomic E-state index is 11.9. The topological polar surface area (TPSA) is 75.4 Å². The van der Waals surface area contributed by atoms with Gasteiger partial charge in [-0.2, -0.15) is 0 Å². The maximum absolute atomic E-state index is 11.9. The maximum Gasteiger partial charge on any atom is 0.253 e. The minimum absolute atomic E-state index is 0.102. The Morgan fingerprint density at radius 2 is 2.00 bits per heavy atom. The van der Waals surface area contributed by atoms with E-state index < -0.39 is 6.04 Å². The first-order chi connectivity index (χ1) is 8.86. The molecule has 1 aromatic carbocycles. The Kier molecular flexibility index (Phi) is 5.06. The lowest BCUT2D eigenvalue weighted by molar-refractivity contribution is -0.117. The number of nitrogens with zero attached hydrogens (tertiary/aromatic N) is 1. The number of amides is 2. The number of hydrogen-bond acceptors (Lipinski definition) is 3. The molecule has 0 saturated carbocycles. The zero-order valence-corrected chi connectivity index (χ0v) is 11.9. The van der Waals surface area contributed by atoms with Crippen molar-refractivity contribution >= 4 is 17.5 Å². The van der Waals surface area contributed by atoms with E-state index in [9.17, 15) is 9.59 Å². The molecule has 0 bridgehead atoms. The van der Waals surface area contributed by atoms with Gasteiger partial charge in [0, 0.05) is 25.3 Å². The molecule has 5 heteroatoms. The Balaban J connectivity index is 2.98. The number of anilines is 1. The highest BCUT2D eigenvalue weighted by Crippen LogP contribution is 2.18. The van der Waals surface area contributed by atoms with Crippen LogP contribution in [0.25, 0.3) is 0 Å². The Morgan fingerprint density at radius 3 is 2.53 bits per heavy atom. The summed E-state index contributed by atoms with van der Waals surface area (Å²) < 4.78 is 0. The molecule has 0 heterocycles. The highest BCUT2D eigenvalue weighted by atomic mass is 16.2. The molecule has 0 aliphatic carbocycles. The second-order valence-electron chi connectivity index (χ2n) is 4.73. The van der Waals surface area contributed by atoms with Crippen molar-refractivity contribution in [2.75, 3.05) is 19.4 Å². The molecule has 19 heavy (non-hydrogen) atoms. The summed E-state index contributed by atoms with van der Waals surface area (Å²) in [7, 11) is 3.38. The van der Waals surface area contributed by atoms with Gasteiger partial charge >= 0.3 is 0 Å². The summed E-state index contributed by atoms with van der Waals surface area (Å²) in [6.07, 6.45) is 0.571. The Bertz CT molecular complexity index is 484. The van der Waals surface area contributed by atoms with Gasteiger partial charge in [0.05, 0.1) is 6.04 Å². The first-order valence-corrected chi connectivity index (χ1v) is 6.25. The quantitative estimate of drug-likeness (QED) is 0.861. The second kappa shape index (κ2) is 6.33. The van der Waals surface area contributed by atoms with E-state index in [1.54, 1.807) is 26.2 Å². The standard InChI is InChI=1S/C14H21N3O2/c1-5-11(15)13(18)16-12-8-10(7-6-9(12)2)14(19)17(3)4/h6-8,11H,5,15H2,1-4H3,(H,16,18)/t11-/m1/s1. The van der Waals surface area contributed by atoms with Crippen LogP contribution in [-0.2, 0) is 4.79 Å². The van der Waals surface area contributed by atoms with Gasteiger partial charge in [0.25, 0.3) is 5.91 Å². The van der Waals surface area contributed by atoms with E-state index in [1.807, 2.05) is 19.9 Å². The van der Waals surface area contributed by atoms with Gasteiger partial charge in [-0.1, -0.05) is 13.0 Å². The molecule has 0 fully saturated rings. The smallest absolute Gasteiger partial charge is 0.253 e. The molecule has 2 amide bonds. The predicted octanol–water partition coefficient (Wildman–Crippen LogP) is 1.37. The molecular formula is C14H21N3O2. The molecular weight excluding hydrogens is 242 g/mol. The van der Waals surface area contributed by atoms with Crippen LogP contribution in [0.15, 0.2) is 18.2 Å². The lowest BCUT2D eigenvalue weighted by Gasteiger charge is -2.15. The molecule has 0 radical (unpaired) electrons. The van der Waals surface area contributed by atoms with Crippen LogP contribution in [0, 0.1) is 6.92 Å². The number of hydrogen-bond donors (Lipinski definition) is 2. The van der Waals surface area contributed by atoms with Gasteiger partial charge in [0.2, 0.25) is 5.91 Å². The third-order valence-electron chi connectivity index (χ3n) is 2.93. The normalized spacial score (nSPS) is 11.8. The molecule has 0 aromatic heterocycles. The average Bonchev–Trinajstić information content (AvgIpc) is 2.39. The molecule has 3 N–H and O–H groups in total. The lowest BCUT2D eigenvalue weighted by Crippen LogP contribution is -2.35. The van der Waals surface area contributed by atoms with Crippen LogP contribution < -0.4 is 11.1 Å². The summed E-state index contributed by atoms with van der Waals surface area (Å²) in [6.45, 7) is 3.72. The van der Waals surface area contributed by atoms with Crippen LogP contribution in [-0.4, -0.2) is 36.9 Å². The van der Waals surface area contributed by atoms with Gasteiger partial charge in [-0.25, -0.2) is 0 Å². The van der Waals surface area contributed by atoms with Crippen LogP contribution in [0.3, 0.4) is 0 Å². The molecule has 0 unspecified atom stereocenters. The van der Waals surface area contributed by atoms with Crippen molar-refractivity contribution in [1.29, 1.82) is 0 Å². The molecule has 5 nitrogen and oxygen atoms in total. The molecule has 1 atom stereocenters. The zero-order chi connectivity index (χ0) is 14.6. The zero-order valence-electron chi connectivity index (χ0n) is 11.9. The number of aryl methyl sites for hydroxylation is 1. The molecule has 0 saturated heterocycles. The van der Waals surface area contributed by atoms with Crippen molar-refractivity contribution in [2.45, 2.75) is 26.3 Å². The average molecular weight is 263 g/mol. The van der Waals surface area contributed by atoms with E-state index in [0.717, 1.165) is 5.56 Å². The Labute approximate surface area is 113 Å². The first-order valence-electron chi connectivity index (χ1n) is 6.25. The highest BCUT2D eigenvalue weighted by Gasteiger charge is 2.14. The highest BCUT2D eigenvalue weighted by molar-refractivity contribution is 5.98. The minimum atomic E-state index is -0.535. The van der Waals surface area contributed by atoms with Gasteiger partial charge in [0.1, 0.15) is 0 Å². The number of nitrogens with two attached hydrogens (primary N) is 1. The number of rotatable bonds is 4. The molecule has 0 aliphatic heterocycles. The van der Waals surface area contributed by atoms with Crippen molar-refractivity contribution in [3.63, 3.8) is 0 Å². The lowest BCUT2D eigenvalue weighted by atomic mass is 10.1. The first kappa shape index (κ1) is 15.2. The summed E-state index contributed by atoms with van der Waals surface area (Å²) in [5.74, 6) is -0.338. The monoisotopic (exact) mass is 263 g/mol. The summed E-state index contributed by atoms with van der Waals surface area (Å²) in [5.41, 5.74) is 7.73. The fourth-order valence-electron chi connectivity index (χ4n) is 1.56. The molecule has 0 spiro atoms. The number of carbonyl (C=O) groups excluding carboxylic acids is 2. The van der Waals surface area contributed by atoms with E-state index in [2.05, 4.69) is 5.32 Å². The van der Waals surface area contributed by atoms with Crippen molar-refractivity contribution in [3.05, 3.63) is 29.3 Å². The number of nitrogens with one attached hydrogen (secondary N) is 1. The Hall–Kier alpha value is -1.88. The largest absolute Gasteiger partial charge is 0.345 e. The third kappa shape index (κ3) is 3.79. The van der Waals surface area contributed by atoms with Crippen LogP contribution in [0.5, 0.6) is 0 Å². The summed E-state index contributed by atoms with van der Waals surface area (Å²) in [4.78, 5) is 25.1. The van der Waals surface area contributed by atoms with Crippen molar-refractivity contribution in [2.24, 2.45) is 5.73 Å². The van der Waals surface area contributed by atoms with Gasteiger partial charge in [0.15, 0.2) is 0 Å². The Morgan fingerprint density at radius 1 is 1.37 bits per heavy atom. The van der Waals surface area contributed by atoms with Crippen molar-refractivity contribution in [3.8, 4) is 0 Å². The van der Waals surface area contributed by atoms with Gasteiger partial charge < -0.3 is 16.0 Å². The second-order valence-corrected chi connectivity index (χ2v) is 4.73. The number of benzene rings is 1. The van der Waals surface area contributed by atoms with Crippen molar-refractivity contribution < 1.29 is 9.59 Å². The van der Waals surface area contributed by atoms with Crippen LogP contribution in [0.4, 0.5) is 5.69 Å².